The summed E-state index contributed by atoms with van der Waals surface area (Å²) in [7, 11) is 0. The number of nitro groups is 1. The number of nitrogens with one attached hydrogen (secondary N) is 2. The van der Waals surface area contributed by atoms with Crippen LogP contribution in [0.4, 0.5) is 16.2 Å². The van der Waals surface area contributed by atoms with E-state index in [1.54, 1.807) is 6.07 Å². The first-order valence-electron chi connectivity index (χ1n) is 4.95. The van der Waals surface area contributed by atoms with Gasteiger partial charge in [0.25, 0.3) is 5.69 Å². The first-order valence-corrected chi connectivity index (χ1v) is 4.95. The number of urea groups is 1. The van der Waals surface area contributed by atoms with Crippen LogP contribution in [-0.2, 0) is 0 Å². The predicted molar refractivity (Wildman–Crippen MR) is 64.7 cm³/mol. The number of amides is 2. The van der Waals surface area contributed by atoms with Gasteiger partial charge in [-0.2, -0.15) is 0 Å². The molecule has 2 amide bonds. The maximum absolute atomic E-state index is 11.4. The average Bonchev–Trinajstić information content (AvgIpc) is 2.27. The highest BCUT2D eigenvalue weighted by atomic mass is 16.6. The van der Waals surface area contributed by atoms with Crippen molar-refractivity contribution in [3.8, 4) is 0 Å². The Bertz CT molecular complexity index is 465. The number of benzene rings is 1. The molecule has 0 unspecified atom stereocenters. The largest absolute Gasteiger partial charge is 0.323 e. The van der Waals surface area contributed by atoms with Gasteiger partial charge in [0, 0.05) is 12.3 Å². The van der Waals surface area contributed by atoms with Crippen molar-refractivity contribution in [2.45, 2.75) is 13.8 Å². The van der Waals surface area contributed by atoms with Crippen LogP contribution in [-0.4, -0.2) is 11.0 Å². The lowest BCUT2D eigenvalue weighted by molar-refractivity contribution is -0.383. The summed E-state index contributed by atoms with van der Waals surface area (Å²) in [4.78, 5) is 21.5. The standard InChI is InChI=1S/C11H13N3O3/c1-8(2)7-12-11(15)13-9-5-3-4-6-10(9)14(16)17/h3-7H,1-2H3,(H2,12,13,15). The highest BCUT2D eigenvalue weighted by molar-refractivity contribution is 5.92. The summed E-state index contributed by atoms with van der Waals surface area (Å²) < 4.78 is 0. The normalized spacial score (nSPS) is 9.29. The van der Waals surface area contributed by atoms with Gasteiger partial charge in [0.05, 0.1) is 4.92 Å². The Balaban J connectivity index is 2.78. The molecule has 0 aliphatic rings. The molecular formula is C11H13N3O3. The molecular weight excluding hydrogens is 222 g/mol. The third kappa shape index (κ3) is 3.94. The minimum Gasteiger partial charge on any atom is -0.314 e. The number of rotatable bonds is 3. The van der Waals surface area contributed by atoms with Crippen LogP contribution in [0.15, 0.2) is 36.0 Å². The maximum atomic E-state index is 11.4. The number of allylic oxidation sites excluding steroid dienone is 1. The number of para-hydroxylation sites is 2. The summed E-state index contributed by atoms with van der Waals surface area (Å²) in [6.45, 7) is 3.65. The molecule has 0 aliphatic carbocycles. The monoisotopic (exact) mass is 235 g/mol. The van der Waals surface area contributed by atoms with E-state index in [-0.39, 0.29) is 11.4 Å². The zero-order valence-electron chi connectivity index (χ0n) is 9.56. The van der Waals surface area contributed by atoms with Gasteiger partial charge in [-0.15, -0.1) is 0 Å². The van der Waals surface area contributed by atoms with E-state index in [1.807, 2.05) is 13.8 Å². The second kappa shape index (κ2) is 5.64. The van der Waals surface area contributed by atoms with E-state index in [1.165, 1.54) is 24.4 Å². The Morgan fingerprint density at radius 3 is 2.59 bits per heavy atom. The summed E-state index contributed by atoms with van der Waals surface area (Å²) >= 11 is 0. The summed E-state index contributed by atoms with van der Waals surface area (Å²) in [6.07, 6.45) is 1.52. The van der Waals surface area contributed by atoms with Crippen LogP contribution in [0.25, 0.3) is 0 Å². The first-order chi connectivity index (χ1) is 8.00. The molecule has 0 radical (unpaired) electrons. The Kier molecular flexibility index (Phi) is 4.21. The van der Waals surface area contributed by atoms with Crippen molar-refractivity contribution in [1.29, 1.82) is 0 Å². The van der Waals surface area contributed by atoms with E-state index in [2.05, 4.69) is 10.6 Å². The minimum atomic E-state index is -0.545. The molecule has 0 heterocycles. The molecule has 6 nitrogen and oxygen atoms in total. The predicted octanol–water partition coefficient (Wildman–Crippen LogP) is 2.64. The molecule has 0 fully saturated rings. The van der Waals surface area contributed by atoms with Crippen molar-refractivity contribution >= 4 is 17.4 Å². The maximum Gasteiger partial charge on any atom is 0.323 e. The van der Waals surface area contributed by atoms with Crippen molar-refractivity contribution in [2.24, 2.45) is 0 Å². The van der Waals surface area contributed by atoms with Crippen molar-refractivity contribution < 1.29 is 9.72 Å². The van der Waals surface area contributed by atoms with Crippen molar-refractivity contribution in [3.63, 3.8) is 0 Å². The molecule has 0 spiro atoms. The number of anilines is 1. The molecule has 0 saturated heterocycles. The summed E-state index contributed by atoms with van der Waals surface area (Å²) in [5.74, 6) is 0. The molecule has 0 atom stereocenters. The molecule has 0 aliphatic heterocycles. The molecule has 1 aromatic carbocycles. The zero-order valence-corrected chi connectivity index (χ0v) is 9.56. The SMILES string of the molecule is CC(C)=CNC(=O)Nc1ccccc1[N+](=O)[O-]. The third-order valence-corrected chi connectivity index (χ3v) is 1.84. The highest BCUT2D eigenvalue weighted by Gasteiger charge is 2.13. The number of nitrogens with zero attached hydrogens (tertiary/aromatic N) is 1. The first kappa shape index (κ1) is 12.7. The molecule has 1 rings (SSSR count). The van der Waals surface area contributed by atoms with Crippen LogP contribution in [0.2, 0.25) is 0 Å². The second-order valence-electron chi connectivity index (χ2n) is 3.59. The van der Waals surface area contributed by atoms with Crippen LogP contribution in [0.3, 0.4) is 0 Å². The van der Waals surface area contributed by atoms with E-state index in [0.29, 0.717) is 0 Å². The smallest absolute Gasteiger partial charge is 0.314 e. The molecule has 0 saturated carbocycles. The van der Waals surface area contributed by atoms with Gasteiger partial charge < -0.3 is 10.6 Å². The van der Waals surface area contributed by atoms with Crippen molar-refractivity contribution in [1.82, 2.24) is 5.32 Å². The van der Waals surface area contributed by atoms with Gasteiger partial charge in [-0.1, -0.05) is 17.7 Å². The van der Waals surface area contributed by atoms with Crippen molar-refractivity contribution in [2.75, 3.05) is 5.32 Å². The van der Waals surface area contributed by atoms with Crippen LogP contribution >= 0.6 is 0 Å². The Morgan fingerprint density at radius 1 is 1.35 bits per heavy atom. The van der Waals surface area contributed by atoms with Gasteiger partial charge in [-0.3, -0.25) is 10.1 Å². The molecule has 1 aromatic rings. The van der Waals surface area contributed by atoms with Gasteiger partial charge in [0.15, 0.2) is 0 Å². The molecule has 2 N–H and O–H groups in total. The number of nitro benzene ring substituents is 1. The summed E-state index contributed by atoms with van der Waals surface area (Å²) in [5.41, 5.74) is 0.944. The fourth-order valence-corrected chi connectivity index (χ4v) is 1.11. The second-order valence-corrected chi connectivity index (χ2v) is 3.59. The zero-order chi connectivity index (χ0) is 12.8. The van der Waals surface area contributed by atoms with Crippen LogP contribution in [0, 0.1) is 10.1 Å². The minimum absolute atomic E-state index is 0.139. The molecule has 0 bridgehead atoms. The van der Waals surface area contributed by atoms with Crippen molar-refractivity contribution in [3.05, 3.63) is 46.2 Å². The van der Waals surface area contributed by atoms with Gasteiger partial charge in [-0.25, -0.2) is 4.79 Å². The molecule has 0 aromatic heterocycles. The average molecular weight is 235 g/mol. The van der Waals surface area contributed by atoms with Crippen LogP contribution < -0.4 is 10.6 Å². The highest BCUT2D eigenvalue weighted by Crippen LogP contribution is 2.22. The van der Waals surface area contributed by atoms with Gasteiger partial charge in [0.2, 0.25) is 0 Å². The van der Waals surface area contributed by atoms with E-state index >= 15 is 0 Å². The van der Waals surface area contributed by atoms with Gasteiger partial charge >= 0.3 is 6.03 Å². The van der Waals surface area contributed by atoms with Gasteiger partial charge in [0.1, 0.15) is 5.69 Å². The van der Waals surface area contributed by atoms with Crippen LogP contribution in [0.5, 0.6) is 0 Å². The molecule has 6 heteroatoms. The van der Waals surface area contributed by atoms with E-state index in [9.17, 15) is 14.9 Å². The molecule has 90 valence electrons. The van der Waals surface area contributed by atoms with E-state index in [4.69, 9.17) is 0 Å². The number of carbonyl (C=O) groups is 1. The fraction of sp³-hybridized carbons (Fsp3) is 0.182. The fourth-order valence-electron chi connectivity index (χ4n) is 1.11. The number of hydrogen-bond acceptors (Lipinski definition) is 3. The van der Waals surface area contributed by atoms with Crippen LogP contribution in [0.1, 0.15) is 13.8 Å². The molecule has 17 heavy (non-hydrogen) atoms. The number of carbonyl (C=O) groups excluding carboxylic acids is 1. The topological polar surface area (TPSA) is 84.3 Å². The lowest BCUT2D eigenvalue weighted by Gasteiger charge is -2.05. The Morgan fingerprint density at radius 2 is 2.00 bits per heavy atom. The quantitative estimate of drug-likeness (QED) is 0.623. The number of hydrogen-bond donors (Lipinski definition) is 2. The van der Waals surface area contributed by atoms with E-state index in [0.717, 1.165) is 5.57 Å². The Hall–Kier alpha value is -2.37. The third-order valence-electron chi connectivity index (χ3n) is 1.84. The van der Waals surface area contributed by atoms with E-state index < -0.39 is 11.0 Å². The van der Waals surface area contributed by atoms with Gasteiger partial charge in [-0.05, 0) is 19.9 Å². The lowest BCUT2D eigenvalue weighted by atomic mass is 10.3. The summed E-state index contributed by atoms with van der Waals surface area (Å²) in [5, 5.41) is 15.6. The lowest BCUT2D eigenvalue weighted by Crippen LogP contribution is -2.24. The Labute approximate surface area is 98.5 Å². The summed E-state index contributed by atoms with van der Waals surface area (Å²) in [6, 6.07) is 5.44.